The van der Waals surface area contributed by atoms with Crippen LogP contribution < -0.4 is 5.43 Å². The van der Waals surface area contributed by atoms with Crippen molar-refractivity contribution in [2.24, 2.45) is 5.10 Å². The maximum absolute atomic E-state index is 11.5. The molecule has 0 bridgehead atoms. The first-order chi connectivity index (χ1) is 8.66. The predicted octanol–water partition coefficient (Wildman–Crippen LogP) is 2.48. The van der Waals surface area contributed by atoms with Crippen LogP contribution in [0, 0.1) is 0 Å². The van der Waals surface area contributed by atoms with E-state index in [1.54, 1.807) is 24.3 Å². The third-order valence-corrected chi connectivity index (χ3v) is 2.64. The summed E-state index contributed by atoms with van der Waals surface area (Å²) in [6.07, 6.45) is 2.92. The van der Waals surface area contributed by atoms with Gasteiger partial charge >= 0.3 is 0 Å². The molecule has 2 aromatic rings. The van der Waals surface area contributed by atoms with E-state index in [0.717, 1.165) is 0 Å². The average Bonchev–Trinajstić information content (AvgIpc) is 2.85. The molecule has 0 unspecified atom stereocenters. The number of nitrogens with zero attached hydrogens (tertiary/aromatic N) is 2. The van der Waals surface area contributed by atoms with Gasteiger partial charge in [-0.3, -0.25) is 9.89 Å². The topological polar surface area (TPSA) is 70.1 Å². The third kappa shape index (κ3) is 3.09. The standard InChI is InChI=1S/C11H8Cl2N4O/c12-8-2-1-7(9(13)5-8)6-15-17-11(18)10-3-4-14-16-10/h1-6H,(H,14,16)(H,17,18)/b15-6-. The second kappa shape index (κ2) is 5.66. The van der Waals surface area contributed by atoms with E-state index in [2.05, 4.69) is 20.7 Å². The van der Waals surface area contributed by atoms with Gasteiger partial charge in [-0.15, -0.1) is 0 Å². The van der Waals surface area contributed by atoms with E-state index >= 15 is 0 Å². The van der Waals surface area contributed by atoms with Crippen molar-refractivity contribution >= 4 is 35.3 Å². The van der Waals surface area contributed by atoms with Crippen LogP contribution >= 0.6 is 23.2 Å². The van der Waals surface area contributed by atoms with Crippen LogP contribution in [-0.2, 0) is 0 Å². The van der Waals surface area contributed by atoms with Crippen LogP contribution in [0.15, 0.2) is 35.6 Å². The van der Waals surface area contributed by atoms with E-state index in [1.165, 1.54) is 12.4 Å². The summed E-state index contributed by atoms with van der Waals surface area (Å²) in [6.45, 7) is 0. The molecule has 1 aromatic carbocycles. The van der Waals surface area contributed by atoms with E-state index < -0.39 is 0 Å². The first kappa shape index (κ1) is 12.6. The van der Waals surface area contributed by atoms with Crippen molar-refractivity contribution in [2.75, 3.05) is 0 Å². The third-order valence-electron chi connectivity index (χ3n) is 2.08. The molecule has 2 rings (SSSR count). The molecule has 0 fully saturated rings. The molecule has 0 radical (unpaired) electrons. The lowest BCUT2D eigenvalue weighted by atomic mass is 10.2. The summed E-state index contributed by atoms with van der Waals surface area (Å²) >= 11 is 11.7. The lowest BCUT2D eigenvalue weighted by Gasteiger charge is -1.99. The largest absolute Gasteiger partial charge is 0.289 e. The highest BCUT2D eigenvalue weighted by Gasteiger charge is 2.04. The Kier molecular flexibility index (Phi) is 3.96. The Morgan fingerprint density at radius 3 is 2.89 bits per heavy atom. The Morgan fingerprint density at radius 2 is 2.22 bits per heavy atom. The van der Waals surface area contributed by atoms with Crippen molar-refractivity contribution in [1.29, 1.82) is 0 Å². The molecule has 0 aliphatic rings. The average molecular weight is 283 g/mol. The highest BCUT2D eigenvalue weighted by molar-refractivity contribution is 6.36. The van der Waals surface area contributed by atoms with Crippen LogP contribution in [0.3, 0.4) is 0 Å². The fraction of sp³-hybridized carbons (Fsp3) is 0. The smallest absolute Gasteiger partial charge is 0.273 e. The summed E-state index contributed by atoms with van der Waals surface area (Å²) in [5.41, 5.74) is 3.33. The molecular formula is C11H8Cl2N4O. The molecule has 92 valence electrons. The van der Waals surface area contributed by atoms with Gasteiger partial charge in [0.15, 0.2) is 0 Å². The van der Waals surface area contributed by atoms with Gasteiger partial charge in [-0.05, 0) is 18.2 Å². The fourth-order valence-electron chi connectivity index (χ4n) is 1.21. The van der Waals surface area contributed by atoms with Gasteiger partial charge in [-0.2, -0.15) is 10.2 Å². The second-order valence-corrected chi connectivity index (χ2v) is 4.18. The summed E-state index contributed by atoms with van der Waals surface area (Å²) in [5.74, 6) is -0.381. The summed E-state index contributed by atoms with van der Waals surface area (Å²) in [4.78, 5) is 11.5. The number of carbonyl (C=O) groups is 1. The molecule has 7 heteroatoms. The van der Waals surface area contributed by atoms with Crippen molar-refractivity contribution in [3.63, 3.8) is 0 Å². The lowest BCUT2D eigenvalue weighted by Crippen LogP contribution is -2.18. The van der Waals surface area contributed by atoms with E-state index in [-0.39, 0.29) is 5.91 Å². The monoisotopic (exact) mass is 282 g/mol. The maximum Gasteiger partial charge on any atom is 0.289 e. The van der Waals surface area contributed by atoms with Gasteiger partial charge in [0.05, 0.1) is 11.2 Å². The predicted molar refractivity (Wildman–Crippen MR) is 70.1 cm³/mol. The number of carbonyl (C=O) groups excluding carboxylic acids is 1. The van der Waals surface area contributed by atoms with Gasteiger partial charge in [-0.1, -0.05) is 29.3 Å². The summed E-state index contributed by atoms with van der Waals surface area (Å²) in [5, 5.41) is 11.0. The normalized spacial score (nSPS) is 10.8. The van der Waals surface area contributed by atoms with Crippen LogP contribution in [0.25, 0.3) is 0 Å². The first-order valence-corrected chi connectivity index (χ1v) is 5.70. The summed E-state index contributed by atoms with van der Waals surface area (Å²) in [6, 6.07) is 6.53. The zero-order valence-electron chi connectivity index (χ0n) is 9.02. The molecule has 1 amide bonds. The number of halogens is 2. The molecule has 0 aliphatic carbocycles. The van der Waals surface area contributed by atoms with E-state index in [1.807, 2.05) is 0 Å². The van der Waals surface area contributed by atoms with Crippen molar-refractivity contribution in [3.8, 4) is 0 Å². The van der Waals surface area contributed by atoms with Gasteiger partial charge in [0.25, 0.3) is 5.91 Å². The number of H-pyrrole nitrogens is 1. The first-order valence-electron chi connectivity index (χ1n) is 4.94. The number of hydrogen-bond donors (Lipinski definition) is 2. The molecular weight excluding hydrogens is 275 g/mol. The Bertz CT molecular complexity index is 581. The van der Waals surface area contributed by atoms with Crippen molar-refractivity contribution in [3.05, 3.63) is 51.8 Å². The number of hydrazone groups is 1. The second-order valence-electron chi connectivity index (χ2n) is 3.34. The summed E-state index contributed by atoms with van der Waals surface area (Å²) in [7, 11) is 0. The number of rotatable bonds is 3. The lowest BCUT2D eigenvalue weighted by molar-refractivity contribution is 0.0950. The molecule has 1 heterocycles. The van der Waals surface area contributed by atoms with Crippen molar-refractivity contribution < 1.29 is 4.79 Å². The molecule has 1 aromatic heterocycles. The summed E-state index contributed by atoms with van der Waals surface area (Å²) < 4.78 is 0. The zero-order valence-corrected chi connectivity index (χ0v) is 10.5. The van der Waals surface area contributed by atoms with Gasteiger partial charge in [0, 0.05) is 16.8 Å². The van der Waals surface area contributed by atoms with Crippen molar-refractivity contribution in [2.45, 2.75) is 0 Å². The minimum absolute atomic E-state index is 0.328. The number of hydrogen-bond acceptors (Lipinski definition) is 3. The molecule has 0 saturated carbocycles. The quantitative estimate of drug-likeness (QED) is 0.671. The number of aromatic amines is 1. The van der Waals surface area contributed by atoms with Crippen molar-refractivity contribution in [1.82, 2.24) is 15.6 Å². The highest BCUT2D eigenvalue weighted by Crippen LogP contribution is 2.19. The van der Waals surface area contributed by atoms with Gasteiger partial charge < -0.3 is 0 Å². The van der Waals surface area contributed by atoms with E-state index in [4.69, 9.17) is 23.2 Å². The highest BCUT2D eigenvalue weighted by atomic mass is 35.5. The van der Waals surface area contributed by atoms with Crippen LogP contribution in [0.4, 0.5) is 0 Å². The van der Waals surface area contributed by atoms with E-state index in [9.17, 15) is 4.79 Å². The number of nitrogens with one attached hydrogen (secondary N) is 2. The van der Waals surface area contributed by atoms with Crippen LogP contribution in [0.2, 0.25) is 10.0 Å². The number of aromatic nitrogens is 2. The number of benzene rings is 1. The minimum Gasteiger partial charge on any atom is -0.273 e. The Balaban J connectivity index is 2.01. The number of amides is 1. The van der Waals surface area contributed by atoms with Crippen LogP contribution in [0.1, 0.15) is 16.1 Å². The van der Waals surface area contributed by atoms with Crippen LogP contribution in [0.5, 0.6) is 0 Å². The SMILES string of the molecule is O=C(N/N=C\c1ccc(Cl)cc1Cl)c1ccn[nH]1. The van der Waals surface area contributed by atoms with Crippen LogP contribution in [-0.4, -0.2) is 22.3 Å². The Morgan fingerprint density at radius 1 is 1.39 bits per heavy atom. The molecule has 0 saturated heterocycles. The Labute approximate surface area is 113 Å². The van der Waals surface area contributed by atoms with E-state index in [0.29, 0.717) is 21.3 Å². The van der Waals surface area contributed by atoms with Gasteiger partial charge in [0.2, 0.25) is 0 Å². The molecule has 0 atom stereocenters. The van der Waals surface area contributed by atoms with Gasteiger partial charge in [-0.25, -0.2) is 5.43 Å². The minimum atomic E-state index is -0.381. The Hall–Kier alpha value is -1.85. The molecule has 2 N–H and O–H groups in total. The zero-order chi connectivity index (χ0) is 13.0. The maximum atomic E-state index is 11.5. The molecule has 5 nitrogen and oxygen atoms in total. The van der Waals surface area contributed by atoms with Gasteiger partial charge in [0.1, 0.15) is 5.69 Å². The molecule has 0 aliphatic heterocycles. The fourth-order valence-corrected chi connectivity index (χ4v) is 1.67. The molecule has 0 spiro atoms. The molecule has 18 heavy (non-hydrogen) atoms.